The number of hydrogen-bond acceptors (Lipinski definition) is 3. The summed E-state index contributed by atoms with van der Waals surface area (Å²) in [6.45, 7) is -2.01. The van der Waals surface area contributed by atoms with E-state index in [1.165, 1.54) is 0 Å². The maximum Gasteiger partial charge on any atom is 0.433 e. The first kappa shape index (κ1) is 20.7. The Bertz CT molecular complexity index is 1030. The summed E-state index contributed by atoms with van der Waals surface area (Å²) in [5.74, 6) is -1.18. The molecule has 0 saturated heterocycles. The molecule has 0 radical (unpaired) electrons. The molecule has 0 saturated carbocycles. The number of halogens is 9. The number of aromatic nitrogens is 3. The molecule has 0 aliphatic rings. The molecule has 0 spiro atoms. The average molecular weight is 429 g/mol. The topological polar surface area (TPSA) is 39.4 Å². The summed E-state index contributed by atoms with van der Waals surface area (Å²) >= 11 is 0. The fourth-order valence-electron chi connectivity index (χ4n) is 2.46. The van der Waals surface area contributed by atoms with Crippen LogP contribution in [-0.2, 0) is 12.4 Å². The highest BCUT2D eigenvalue weighted by Gasteiger charge is 2.37. The number of benzene rings is 1. The van der Waals surface area contributed by atoms with Crippen LogP contribution in [0.25, 0.3) is 16.9 Å². The predicted molar refractivity (Wildman–Crippen MR) is 80.0 cm³/mol. The average Bonchev–Trinajstić information content (AvgIpc) is 3.04. The first-order valence-electron chi connectivity index (χ1n) is 7.59. The maximum atomic E-state index is 13.3. The Hall–Kier alpha value is -2.99. The van der Waals surface area contributed by atoms with Crippen molar-refractivity contribution in [2.75, 3.05) is 6.61 Å². The second-order valence-corrected chi connectivity index (χ2v) is 5.74. The van der Waals surface area contributed by atoms with Crippen LogP contribution in [0, 0.1) is 0 Å². The lowest BCUT2D eigenvalue weighted by molar-refractivity contribution is -0.158. The van der Waals surface area contributed by atoms with Crippen LogP contribution in [0.5, 0.6) is 5.75 Å². The smallest absolute Gasteiger partial charge is 0.433 e. The molecule has 13 heteroatoms. The molecule has 0 atom stereocenters. The van der Waals surface area contributed by atoms with Crippen molar-refractivity contribution in [3.8, 4) is 17.0 Å². The van der Waals surface area contributed by atoms with Crippen LogP contribution < -0.4 is 4.74 Å². The van der Waals surface area contributed by atoms with Gasteiger partial charge in [0, 0.05) is 11.6 Å². The van der Waals surface area contributed by atoms with E-state index in [0.29, 0.717) is 22.7 Å². The van der Waals surface area contributed by atoms with Gasteiger partial charge in [0.05, 0.1) is 17.5 Å². The Kier molecular flexibility index (Phi) is 4.87. The molecule has 2 heterocycles. The highest BCUT2D eigenvalue weighted by Crippen LogP contribution is 2.39. The van der Waals surface area contributed by atoms with Gasteiger partial charge < -0.3 is 4.74 Å². The summed E-state index contributed by atoms with van der Waals surface area (Å²) in [5.41, 5.74) is -3.75. The fourth-order valence-corrected chi connectivity index (χ4v) is 2.46. The Morgan fingerprint density at radius 2 is 1.55 bits per heavy atom. The minimum Gasteiger partial charge on any atom is -0.483 e. The molecule has 1 aromatic carbocycles. The first-order chi connectivity index (χ1) is 13.3. The molecule has 0 N–H and O–H groups in total. The quantitative estimate of drug-likeness (QED) is 0.526. The van der Waals surface area contributed by atoms with Gasteiger partial charge in [-0.25, -0.2) is 9.50 Å². The van der Waals surface area contributed by atoms with Gasteiger partial charge in [-0.15, -0.1) is 0 Å². The normalized spacial score (nSPS) is 13.1. The second kappa shape index (κ2) is 6.81. The van der Waals surface area contributed by atoms with Crippen molar-refractivity contribution in [2.24, 2.45) is 0 Å². The molecule has 0 amide bonds. The van der Waals surface area contributed by atoms with E-state index >= 15 is 0 Å². The lowest BCUT2D eigenvalue weighted by Crippen LogP contribution is -2.21. The van der Waals surface area contributed by atoms with Crippen LogP contribution in [0.4, 0.5) is 39.5 Å². The third-order valence-electron chi connectivity index (χ3n) is 3.62. The van der Waals surface area contributed by atoms with Crippen LogP contribution >= 0.6 is 0 Å². The fraction of sp³-hybridized carbons (Fsp3) is 0.250. The van der Waals surface area contributed by atoms with E-state index < -0.39 is 47.8 Å². The van der Waals surface area contributed by atoms with Crippen molar-refractivity contribution in [1.82, 2.24) is 14.6 Å². The van der Waals surface area contributed by atoms with E-state index in [2.05, 4.69) is 14.8 Å². The van der Waals surface area contributed by atoms with Crippen LogP contribution in [0.2, 0.25) is 0 Å². The van der Waals surface area contributed by atoms with Gasteiger partial charge in [-0.2, -0.15) is 44.6 Å². The van der Waals surface area contributed by atoms with Gasteiger partial charge in [-0.05, 0) is 18.2 Å². The third-order valence-corrected chi connectivity index (χ3v) is 3.62. The van der Waals surface area contributed by atoms with Crippen molar-refractivity contribution < 1.29 is 44.3 Å². The Morgan fingerprint density at radius 1 is 0.862 bits per heavy atom. The second-order valence-electron chi connectivity index (χ2n) is 5.74. The monoisotopic (exact) mass is 429 g/mol. The number of hydrogen-bond donors (Lipinski definition) is 0. The van der Waals surface area contributed by atoms with Gasteiger partial charge in [0.2, 0.25) is 0 Å². The molecule has 156 valence electrons. The largest absolute Gasteiger partial charge is 0.483 e. The highest BCUT2D eigenvalue weighted by molar-refractivity contribution is 5.65. The van der Waals surface area contributed by atoms with Gasteiger partial charge in [0.15, 0.2) is 17.9 Å². The standard InChI is InChI=1S/C16H8F9N3O/c17-14(18,19)7-29-11-5-8(1-2-9(11)15(20,21)22)10-6-12(16(23,24)25)28-13(27-10)3-4-26-28/h1-6H,7H2. The Balaban J connectivity index is 2.14. The summed E-state index contributed by atoms with van der Waals surface area (Å²) in [7, 11) is 0. The molecule has 2 aromatic heterocycles. The molecule has 0 aliphatic heterocycles. The molecule has 3 rings (SSSR count). The molecule has 0 fully saturated rings. The van der Waals surface area contributed by atoms with Crippen LogP contribution in [0.15, 0.2) is 36.5 Å². The molecular formula is C16H8F9N3O. The minimum atomic E-state index is -5.04. The number of ether oxygens (including phenoxy) is 1. The van der Waals surface area contributed by atoms with Crippen molar-refractivity contribution in [3.05, 3.63) is 47.8 Å². The summed E-state index contributed by atoms with van der Waals surface area (Å²) < 4.78 is 121. The van der Waals surface area contributed by atoms with Gasteiger partial charge in [0.1, 0.15) is 5.75 Å². The van der Waals surface area contributed by atoms with Crippen molar-refractivity contribution in [2.45, 2.75) is 18.5 Å². The maximum absolute atomic E-state index is 13.3. The Labute approximate surface area is 155 Å². The van der Waals surface area contributed by atoms with Crippen LogP contribution in [0.3, 0.4) is 0 Å². The van der Waals surface area contributed by atoms with E-state index in [0.717, 1.165) is 18.3 Å². The molecule has 0 unspecified atom stereocenters. The lowest BCUT2D eigenvalue weighted by Gasteiger charge is -2.17. The summed E-state index contributed by atoms with van der Waals surface area (Å²) in [6, 6.07) is 3.42. The molecule has 0 aliphatic carbocycles. The number of alkyl halides is 9. The molecule has 29 heavy (non-hydrogen) atoms. The number of nitrogens with zero attached hydrogens (tertiary/aromatic N) is 3. The zero-order valence-corrected chi connectivity index (χ0v) is 13.8. The zero-order chi connectivity index (χ0) is 21.6. The van der Waals surface area contributed by atoms with Gasteiger partial charge >= 0.3 is 18.5 Å². The molecule has 4 nitrogen and oxygen atoms in total. The minimum absolute atomic E-state index is 0.257. The highest BCUT2D eigenvalue weighted by atomic mass is 19.4. The van der Waals surface area contributed by atoms with Crippen LogP contribution in [-0.4, -0.2) is 27.4 Å². The summed E-state index contributed by atoms with van der Waals surface area (Å²) in [4.78, 5) is 3.86. The van der Waals surface area contributed by atoms with E-state index in [1.807, 2.05) is 0 Å². The third kappa shape index (κ3) is 4.54. The predicted octanol–water partition coefficient (Wildman–Crippen LogP) is 5.38. The number of fused-ring (bicyclic) bond motifs is 1. The lowest BCUT2D eigenvalue weighted by atomic mass is 10.1. The van der Waals surface area contributed by atoms with Crippen molar-refractivity contribution >= 4 is 5.65 Å². The van der Waals surface area contributed by atoms with Crippen molar-refractivity contribution in [3.63, 3.8) is 0 Å². The SMILES string of the molecule is FC(F)(F)COc1cc(-c2cc(C(F)(F)F)n3nccc3n2)ccc1C(F)(F)F. The van der Waals surface area contributed by atoms with E-state index in [1.54, 1.807) is 0 Å². The van der Waals surface area contributed by atoms with E-state index in [-0.39, 0.29) is 11.2 Å². The van der Waals surface area contributed by atoms with Crippen LogP contribution in [0.1, 0.15) is 11.3 Å². The molecular weight excluding hydrogens is 421 g/mol. The van der Waals surface area contributed by atoms with Gasteiger partial charge in [0.25, 0.3) is 0 Å². The van der Waals surface area contributed by atoms with E-state index in [4.69, 9.17) is 0 Å². The van der Waals surface area contributed by atoms with Crippen molar-refractivity contribution in [1.29, 1.82) is 0 Å². The summed E-state index contributed by atoms with van der Waals surface area (Å²) in [6.07, 6.45) is -13.8. The first-order valence-corrected chi connectivity index (χ1v) is 7.59. The van der Waals surface area contributed by atoms with E-state index in [9.17, 15) is 39.5 Å². The number of rotatable bonds is 3. The molecule has 3 aromatic rings. The Morgan fingerprint density at radius 3 is 2.14 bits per heavy atom. The summed E-state index contributed by atoms with van der Waals surface area (Å²) in [5, 5.41) is 3.48. The molecule has 0 bridgehead atoms. The van der Waals surface area contributed by atoms with Gasteiger partial charge in [-0.1, -0.05) is 6.07 Å². The zero-order valence-electron chi connectivity index (χ0n) is 13.8. The van der Waals surface area contributed by atoms with Gasteiger partial charge in [-0.3, -0.25) is 0 Å².